The highest BCUT2D eigenvalue weighted by Crippen LogP contribution is 2.33. The smallest absolute Gasteiger partial charge is 0.225 e. The van der Waals surface area contributed by atoms with Crippen molar-refractivity contribution in [2.45, 2.75) is 44.2 Å². The normalized spacial score (nSPS) is 17.2. The Morgan fingerprint density at radius 3 is 2.59 bits per heavy atom. The van der Waals surface area contributed by atoms with Crippen LogP contribution in [0.15, 0.2) is 73.1 Å². The molecule has 1 aliphatic carbocycles. The molecule has 6 rings (SSSR count). The van der Waals surface area contributed by atoms with Crippen molar-refractivity contribution in [1.29, 1.82) is 0 Å². The van der Waals surface area contributed by atoms with E-state index in [1.54, 1.807) is 24.6 Å². The molecule has 0 spiro atoms. The van der Waals surface area contributed by atoms with Gasteiger partial charge in [0, 0.05) is 30.3 Å². The number of aliphatic hydroxyl groups excluding tert-OH is 1. The van der Waals surface area contributed by atoms with Crippen molar-refractivity contribution in [3.8, 4) is 16.9 Å². The van der Waals surface area contributed by atoms with Crippen molar-refractivity contribution in [2.24, 2.45) is 0 Å². The van der Waals surface area contributed by atoms with Gasteiger partial charge in [0.15, 0.2) is 5.13 Å². The van der Waals surface area contributed by atoms with Crippen molar-refractivity contribution in [3.05, 3.63) is 84.3 Å². The number of nitrogens with one attached hydrogen (secondary N) is 2. The summed E-state index contributed by atoms with van der Waals surface area (Å²) in [6, 6.07) is 20.7. The van der Waals surface area contributed by atoms with Crippen LogP contribution in [0.4, 0.5) is 16.9 Å². The van der Waals surface area contributed by atoms with E-state index in [4.69, 9.17) is 19.7 Å². The molecule has 0 saturated heterocycles. The molecule has 3 heterocycles. The summed E-state index contributed by atoms with van der Waals surface area (Å²) in [4.78, 5) is 18.7. The molecule has 2 aromatic carbocycles. The molecular formula is C30H30N6O2S. The van der Waals surface area contributed by atoms with Crippen LogP contribution in [-0.2, 0) is 6.42 Å². The zero-order chi connectivity index (χ0) is 26.6. The number of aliphatic hydroxyl groups is 1. The number of benzene rings is 2. The summed E-state index contributed by atoms with van der Waals surface area (Å²) in [6.45, 7) is 0. The second-order valence-electron chi connectivity index (χ2n) is 9.82. The lowest BCUT2D eigenvalue weighted by atomic mass is 9.93. The summed E-state index contributed by atoms with van der Waals surface area (Å²) < 4.78 is 6.40. The highest BCUT2D eigenvalue weighted by Gasteiger charge is 2.20. The standard InChI is InChI=1S/C30H30N6O2S/c1-38-25-14-21(17-31-18-25)20-7-12-26-27(15-20)39-30(34-26)36-28-16-23(13-19-5-3-2-4-6-19)33-29(35-28)32-22-8-10-24(37)11-9-22/h2-7,12,14-18,22,24,37H,8-11,13H2,1H3,(H2,32,33,34,35,36)/t22-,24-. The number of ether oxygens (including phenoxy) is 1. The van der Waals surface area contributed by atoms with E-state index >= 15 is 0 Å². The van der Waals surface area contributed by atoms with Gasteiger partial charge in [-0.15, -0.1) is 0 Å². The minimum Gasteiger partial charge on any atom is -0.495 e. The fourth-order valence-electron chi connectivity index (χ4n) is 4.88. The molecule has 0 bridgehead atoms. The predicted octanol–water partition coefficient (Wildman–Crippen LogP) is 6.21. The van der Waals surface area contributed by atoms with E-state index in [1.165, 1.54) is 5.56 Å². The van der Waals surface area contributed by atoms with Crippen LogP contribution in [0.3, 0.4) is 0 Å². The van der Waals surface area contributed by atoms with E-state index in [2.05, 4.69) is 33.8 Å². The predicted molar refractivity (Wildman–Crippen MR) is 156 cm³/mol. The third kappa shape index (κ3) is 6.16. The van der Waals surface area contributed by atoms with Crippen LogP contribution in [-0.4, -0.2) is 44.3 Å². The van der Waals surface area contributed by atoms with Crippen LogP contribution >= 0.6 is 11.3 Å². The largest absolute Gasteiger partial charge is 0.495 e. The van der Waals surface area contributed by atoms with E-state index in [9.17, 15) is 5.11 Å². The zero-order valence-electron chi connectivity index (χ0n) is 21.7. The second-order valence-corrected chi connectivity index (χ2v) is 10.9. The Bertz CT molecular complexity index is 1570. The third-order valence-electron chi connectivity index (χ3n) is 6.94. The number of hydrogen-bond acceptors (Lipinski definition) is 9. The summed E-state index contributed by atoms with van der Waals surface area (Å²) >= 11 is 1.58. The van der Waals surface area contributed by atoms with E-state index in [0.717, 1.165) is 63.6 Å². The molecule has 3 aromatic heterocycles. The Kier molecular flexibility index (Phi) is 7.33. The summed E-state index contributed by atoms with van der Waals surface area (Å²) in [5, 5.41) is 17.6. The number of thiazole rings is 1. The summed E-state index contributed by atoms with van der Waals surface area (Å²) in [5.74, 6) is 2.02. The van der Waals surface area contributed by atoms with Crippen LogP contribution in [0.2, 0.25) is 0 Å². The van der Waals surface area contributed by atoms with E-state index in [-0.39, 0.29) is 12.1 Å². The lowest BCUT2D eigenvalue weighted by molar-refractivity contribution is 0.126. The van der Waals surface area contributed by atoms with E-state index in [0.29, 0.717) is 18.2 Å². The topological polar surface area (TPSA) is 105 Å². The van der Waals surface area contributed by atoms with Crippen molar-refractivity contribution in [1.82, 2.24) is 19.9 Å². The van der Waals surface area contributed by atoms with Crippen LogP contribution in [0.1, 0.15) is 36.9 Å². The van der Waals surface area contributed by atoms with Crippen LogP contribution < -0.4 is 15.4 Å². The van der Waals surface area contributed by atoms with Crippen LogP contribution in [0, 0.1) is 0 Å². The van der Waals surface area contributed by atoms with Gasteiger partial charge in [-0.05, 0) is 55.0 Å². The van der Waals surface area contributed by atoms with Gasteiger partial charge in [0.2, 0.25) is 5.95 Å². The summed E-state index contributed by atoms with van der Waals surface area (Å²) in [5.41, 5.74) is 5.08. The van der Waals surface area contributed by atoms with Crippen molar-refractivity contribution < 1.29 is 9.84 Å². The van der Waals surface area contributed by atoms with Gasteiger partial charge in [-0.2, -0.15) is 4.98 Å². The van der Waals surface area contributed by atoms with Gasteiger partial charge in [-0.1, -0.05) is 47.7 Å². The number of hydrogen-bond donors (Lipinski definition) is 3. The van der Waals surface area contributed by atoms with Crippen molar-refractivity contribution in [3.63, 3.8) is 0 Å². The Morgan fingerprint density at radius 1 is 0.923 bits per heavy atom. The Hall–Kier alpha value is -4.08. The molecule has 1 aliphatic rings. The Labute approximate surface area is 231 Å². The van der Waals surface area contributed by atoms with Gasteiger partial charge < -0.3 is 20.5 Å². The average Bonchev–Trinajstić information content (AvgIpc) is 3.36. The van der Waals surface area contributed by atoms with Gasteiger partial charge in [-0.3, -0.25) is 4.98 Å². The van der Waals surface area contributed by atoms with E-state index in [1.807, 2.05) is 48.7 Å². The molecule has 0 aliphatic heterocycles. The quantitative estimate of drug-likeness (QED) is 0.214. The lowest BCUT2D eigenvalue weighted by Crippen LogP contribution is -2.29. The van der Waals surface area contributed by atoms with Crippen molar-refractivity contribution >= 4 is 38.5 Å². The Morgan fingerprint density at radius 2 is 1.77 bits per heavy atom. The van der Waals surface area contributed by atoms with Crippen LogP contribution in [0.25, 0.3) is 21.3 Å². The average molecular weight is 539 g/mol. The first-order chi connectivity index (χ1) is 19.1. The number of fused-ring (bicyclic) bond motifs is 1. The summed E-state index contributed by atoms with van der Waals surface area (Å²) in [6.07, 6.45) is 7.43. The molecule has 0 atom stereocenters. The highest BCUT2D eigenvalue weighted by atomic mass is 32.1. The second kappa shape index (κ2) is 11.3. The lowest BCUT2D eigenvalue weighted by Gasteiger charge is -2.26. The molecule has 0 radical (unpaired) electrons. The minimum absolute atomic E-state index is 0.203. The minimum atomic E-state index is -0.203. The first-order valence-corrected chi connectivity index (χ1v) is 14.0. The fraction of sp³-hybridized carbons (Fsp3) is 0.267. The monoisotopic (exact) mass is 538 g/mol. The first kappa shape index (κ1) is 25.2. The maximum Gasteiger partial charge on any atom is 0.225 e. The number of nitrogens with zero attached hydrogens (tertiary/aromatic N) is 4. The maximum atomic E-state index is 9.89. The van der Waals surface area contributed by atoms with Gasteiger partial charge in [-0.25, -0.2) is 9.97 Å². The fourth-order valence-corrected chi connectivity index (χ4v) is 5.79. The van der Waals surface area contributed by atoms with Gasteiger partial charge in [0.1, 0.15) is 11.6 Å². The molecule has 0 amide bonds. The molecule has 1 fully saturated rings. The van der Waals surface area contributed by atoms with Crippen LogP contribution in [0.5, 0.6) is 5.75 Å². The number of methoxy groups -OCH3 is 1. The van der Waals surface area contributed by atoms with Gasteiger partial charge in [0.05, 0.1) is 35.3 Å². The highest BCUT2D eigenvalue weighted by molar-refractivity contribution is 7.22. The molecule has 39 heavy (non-hydrogen) atoms. The molecule has 9 heteroatoms. The maximum absolute atomic E-state index is 9.89. The number of anilines is 3. The molecular weight excluding hydrogens is 508 g/mol. The first-order valence-electron chi connectivity index (χ1n) is 13.1. The third-order valence-corrected chi connectivity index (χ3v) is 7.88. The Balaban J connectivity index is 1.27. The summed E-state index contributed by atoms with van der Waals surface area (Å²) in [7, 11) is 1.64. The van der Waals surface area contributed by atoms with Gasteiger partial charge in [0.25, 0.3) is 0 Å². The number of aromatic nitrogens is 4. The number of pyridine rings is 1. The molecule has 1 saturated carbocycles. The molecule has 3 N–H and O–H groups in total. The number of rotatable bonds is 8. The molecule has 198 valence electrons. The van der Waals surface area contributed by atoms with E-state index < -0.39 is 0 Å². The molecule has 0 unspecified atom stereocenters. The van der Waals surface area contributed by atoms with Gasteiger partial charge >= 0.3 is 0 Å². The molecule has 8 nitrogen and oxygen atoms in total. The van der Waals surface area contributed by atoms with Crippen molar-refractivity contribution in [2.75, 3.05) is 17.7 Å². The zero-order valence-corrected chi connectivity index (χ0v) is 22.5. The molecule has 5 aromatic rings. The SMILES string of the molecule is COc1cncc(-c2ccc3nc(Nc4cc(Cc5ccccc5)nc(N[C@H]5CC[C@H](O)CC5)n4)sc3c2)c1.